The van der Waals surface area contributed by atoms with Gasteiger partial charge in [-0.25, -0.2) is 0 Å². The molecule has 1 saturated heterocycles. The first kappa shape index (κ1) is 25.7. The number of likely N-dealkylation sites (tertiary alicyclic amines) is 1. The highest BCUT2D eigenvalue weighted by atomic mass is 35.5. The van der Waals surface area contributed by atoms with Crippen LogP contribution < -0.4 is 4.18 Å². The second-order valence-electron chi connectivity index (χ2n) is 11.5. The zero-order valence-corrected chi connectivity index (χ0v) is 22.1. The SMILES string of the molecule is CC(CC(=O)N1C(C)CC23CC1CC(C)(C2)C3C)c1c[nH]c2ccc(Cl)c(OS(=O)(=O)C(F)(F)F)c12. The van der Waals surface area contributed by atoms with Crippen LogP contribution in [0.3, 0.4) is 0 Å². The lowest BCUT2D eigenvalue weighted by molar-refractivity contribution is -0.221. The van der Waals surface area contributed by atoms with Crippen LogP contribution in [0.2, 0.25) is 5.02 Å². The minimum atomic E-state index is -5.93. The quantitative estimate of drug-likeness (QED) is 0.349. The molecule has 0 radical (unpaired) electrons. The van der Waals surface area contributed by atoms with E-state index in [9.17, 15) is 26.4 Å². The molecular formula is C25H30ClF3N2O4S. The number of hydrogen-bond donors (Lipinski definition) is 1. The molecule has 3 aliphatic carbocycles. The number of rotatable bonds is 5. The number of hydrogen-bond acceptors (Lipinski definition) is 4. The molecule has 1 aromatic heterocycles. The minimum absolute atomic E-state index is 0.00541. The van der Waals surface area contributed by atoms with Crippen molar-refractivity contribution in [1.29, 1.82) is 0 Å². The van der Waals surface area contributed by atoms with E-state index in [0.29, 0.717) is 22.4 Å². The number of carbonyl (C=O) groups excluding carboxylic acids is 1. The van der Waals surface area contributed by atoms with Crippen molar-refractivity contribution in [2.75, 3.05) is 0 Å². The summed E-state index contributed by atoms with van der Waals surface area (Å²) in [5.41, 5.74) is -4.18. The van der Waals surface area contributed by atoms with E-state index in [1.54, 1.807) is 13.1 Å². The van der Waals surface area contributed by atoms with Crippen LogP contribution in [0.4, 0.5) is 13.2 Å². The number of H-pyrrole nitrogens is 1. The fourth-order valence-corrected chi connectivity index (χ4v) is 8.35. The zero-order valence-electron chi connectivity index (χ0n) is 20.6. The van der Waals surface area contributed by atoms with Crippen molar-refractivity contribution in [1.82, 2.24) is 9.88 Å². The molecule has 3 bridgehead atoms. The van der Waals surface area contributed by atoms with Gasteiger partial charge in [-0.15, -0.1) is 0 Å². The average Bonchev–Trinajstić information content (AvgIpc) is 3.18. The van der Waals surface area contributed by atoms with Gasteiger partial charge in [0.25, 0.3) is 0 Å². The Labute approximate surface area is 213 Å². The number of carbonyl (C=O) groups is 1. The van der Waals surface area contributed by atoms with Crippen molar-refractivity contribution in [3.05, 3.63) is 28.9 Å². The second kappa shape index (κ2) is 8.03. The Hall–Kier alpha value is -1.94. The zero-order chi connectivity index (χ0) is 26.4. The van der Waals surface area contributed by atoms with Gasteiger partial charge in [0.2, 0.25) is 5.91 Å². The lowest BCUT2D eigenvalue weighted by atomic mass is 9.37. The summed E-state index contributed by atoms with van der Waals surface area (Å²) < 4.78 is 67.0. The fraction of sp³-hybridized carbons (Fsp3) is 0.640. The predicted molar refractivity (Wildman–Crippen MR) is 130 cm³/mol. The van der Waals surface area contributed by atoms with Gasteiger partial charge in [0.15, 0.2) is 5.75 Å². The molecule has 11 heteroatoms. The number of nitrogens with one attached hydrogen (secondary N) is 1. The summed E-state index contributed by atoms with van der Waals surface area (Å²) in [6, 6.07) is 3.11. The van der Waals surface area contributed by atoms with E-state index < -0.39 is 27.3 Å². The summed E-state index contributed by atoms with van der Waals surface area (Å²) in [4.78, 5) is 18.5. The highest BCUT2D eigenvalue weighted by Gasteiger charge is 2.66. The Morgan fingerprint density at radius 2 is 1.97 bits per heavy atom. The summed E-state index contributed by atoms with van der Waals surface area (Å²) in [5.74, 6) is -0.364. The number of amides is 1. The number of nitrogens with zero attached hydrogens (tertiary/aromatic N) is 1. The number of alkyl halides is 3. The Morgan fingerprint density at radius 3 is 2.61 bits per heavy atom. The molecule has 1 amide bonds. The Balaban J connectivity index is 1.42. The summed E-state index contributed by atoms with van der Waals surface area (Å²) in [6.07, 6.45) is 5.90. The standard InChI is InChI=1S/C25H30ClF3N2O4S/c1-13(7-20(32)31-14(2)8-24-10-16(31)9-23(4,12-24)15(24)3)17-11-30-19-6-5-18(26)22(21(17)19)35-36(33,34)25(27,28)29/h5-6,11,13-16,30H,7-10,12H2,1-4H3. The Morgan fingerprint density at radius 1 is 1.28 bits per heavy atom. The van der Waals surface area contributed by atoms with Crippen LogP contribution in [-0.2, 0) is 14.9 Å². The van der Waals surface area contributed by atoms with E-state index in [-0.39, 0.29) is 40.2 Å². The highest BCUT2D eigenvalue weighted by Crippen LogP contribution is 2.71. The normalized spacial score (nSPS) is 32.8. The van der Waals surface area contributed by atoms with Crippen LogP contribution in [0.25, 0.3) is 10.9 Å². The van der Waals surface area contributed by atoms with Gasteiger partial charge < -0.3 is 14.1 Å². The lowest BCUT2D eigenvalue weighted by Crippen LogP contribution is -2.69. The molecule has 1 N–H and O–H groups in total. The lowest BCUT2D eigenvalue weighted by Gasteiger charge is -2.72. The van der Waals surface area contributed by atoms with E-state index in [1.165, 1.54) is 18.6 Å². The molecule has 6 unspecified atom stereocenters. The third kappa shape index (κ3) is 3.73. The topological polar surface area (TPSA) is 79.5 Å². The fourth-order valence-electron chi connectivity index (χ4n) is 7.62. The Kier molecular flexibility index (Phi) is 5.73. The first-order chi connectivity index (χ1) is 16.6. The smallest absolute Gasteiger partial charge is 0.374 e. The molecule has 4 fully saturated rings. The number of aromatic amines is 1. The molecule has 2 aromatic rings. The van der Waals surface area contributed by atoms with Crippen molar-refractivity contribution >= 4 is 38.5 Å². The first-order valence-corrected chi connectivity index (χ1v) is 14.0. The molecule has 1 aromatic carbocycles. The number of piperidine rings is 1. The van der Waals surface area contributed by atoms with Crippen LogP contribution in [0, 0.1) is 16.7 Å². The van der Waals surface area contributed by atoms with E-state index in [2.05, 4.69) is 29.9 Å². The van der Waals surface area contributed by atoms with Crippen molar-refractivity contribution < 1.29 is 30.6 Å². The molecule has 1 aliphatic heterocycles. The largest absolute Gasteiger partial charge is 0.534 e. The van der Waals surface area contributed by atoms with Gasteiger partial charge in [-0.2, -0.15) is 21.6 Å². The maximum absolute atomic E-state index is 13.6. The molecule has 1 spiro atoms. The van der Waals surface area contributed by atoms with Crippen molar-refractivity contribution in [3.8, 4) is 5.75 Å². The molecule has 3 saturated carbocycles. The molecular weight excluding hydrogens is 517 g/mol. The van der Waals surface area contributed by atoms with Crippen LogP contribution >= 0.6 is 11.6 Å². The van der Waals surface area contributed by atoms with Crippen molar-refractivity contribution in [2.24, 2.45) is 16.7 Å². The molecule has 198 valence electrons. The average molecular weight is 547 g/mol. The van der Waals surface area contributed by atoms with Gasteiger partial charge in [-0.1, -0.05) is 32.4 Å². The third-order valence-corrected chi connectivity index (χ3v) is 10.4. The number of fused-ring (bicyclic) bond motifs is 1. The summed E-state index contributed by atoms with van der Waals surface area (Å²) in [7, 11) is -5.93. The molecule has 6 rings (SSSR count). The predicted octanol–water partition coefficient (Wildman–Crippen LogP) is 6.36. The van der Waals surface area contributed by atoms with E-state index >= 15 is 0 Å². The van der Waals surface area contributed by atoms with Gasteiger partial charge >= 0.3 is 15.6 Å². The minimum Gasteiger partial charge on any atom is -0.374 e. The van der Waals surface area contributed by atoms with Crippen LogP contribution in [0.1, 0.15) is 71.3 Å². The third-order valence-electron chi connectivity index (χ3n) is 9.19. The van der Waals surface area contributed by atoms with Crippen molar-refractivity contribution in [2.45, 2.75) is 83.3 Å². The molecule has 6 atom stereocenters. The van der Waals surface area contributed by atoms with Gasteiger partial charge in [0.05, 0.1) is 5.02 Å². The highest BCUT2D eigenvalue weighted by molar-refractivity contribution is 7.88. The molecule has 6 nitrogen and oxygen atoms in total. The van der Waals surface area contributed by atoms with Crippen molar-refractivity contribution in [3.63, 3.8) is 0 Å². The van der Waals surface area contributed by atoms with Gasteiger partial charge in [-0.05, 0) is 73.0 Å². The Bertz CT molecular complexity index is 1340. The summed E-state index contributed by atoms with van der Waals surface area (Å²) in [5, 5.41) is -0.144. The molecule has 2 heterocycles. The maximum atomic E-state index is 13.6. The summed E-state index contributed by atoms with van der Waals surface area (Å²) in [6.45, 7) is 8.55. The summed E-state index contributed by atoms with van der Waals surface area (Å²) >= 11 is 6.09. The first-order valence-electron chi connectivity index (χ1n) is 12.2. The maximum Gasteiger partial charge on any atom is 0.534 e. The number of halogens is 4. The van der Waals surface area contributed by atoms with Crippen LogP contribution in [0.15, 0.2) is 18.3 Å². The van der Waals surface area contributed by atoms with Crippen LogP contribution in [-0.4, -0.2) is 41.8 Å². The monoisotopic (exact) mass is 546 g/mol. The number of benzene rings is 1. The van der Waals surface area contributed by atoms with Crippen LogP contribution in [0.5, 0.6) is 5.75 Å². The van der Waals surface area contributed by atoms with Gasteiger partial charge in [-0.3, -0.25) is 4.79 Å². The van der Waals surface area contributed by atoms with Gasteiger partial charge in [0.1, 0.15) is 0 Å². The van der Waals surface area contributed by atoms with Gasteiger partial charge in [0, 0.05) is 35.6 Å². The molecule has 4 aliphatic rings. The van der Waals surface area contributed by atoms with E-state index in [4.69, 9.17) is 11.6 Å². The van der Waals surface area contributed by atoms with E-state index in [1.807, 2.05) is 4.90 Å². The van der Waals surface area contributed by atoms with E-state index in [0.717, 1.165) is 19.3 Å². The number of aromatic nitrogens is 1. The second-order valence-corrected chi connectivity index (χ2v) is 13.4. The molecule has 36 heavy (non-hydrogen) atoms.